The average Bonchev–Trinajstić information content (AvgIpc) is 2.37. The molecule has 0 heterocycles. The van der Waals surface area contributed by atoms with Gasteiger partial charge in [0.15, 0.2) is 0 Å². The summed E-state index contributed by atoms with van der Waals surface area (Å²) in [5.41, 5.74) is 6.51. The first kappa shape index (κ1) is 15.5. The number of rotatable bonds is 6. The Hall–Kier alpha value is -1.55. The normalized spacial score (nSPS) is 14.0. The summed E-state index contributed by atoms with van der Waals surface area (Å²) in [4.78, 5) is 11.9. The molecule has 106 valence electrons. The van der Waals surface area contributed by atoms with E-state index in [1.165, 1.54) is 0 Å². The van der Waals surface area contributed by atoms with Gasteiger partial charge in [-0.1, -0.05) is 26.8 Å². The van der Waals surface area contributed by atoms with Crippen LogP contribution in [-0.4, -0.2) is 18.1 Å². The van der Waals surface area contributed by atoms with Crippen molar-refractivity contribution in [1.29, 1.82) is 0 Å². The maximum atomic E-state index is 11.9. The van der Waals surface area contributed by atoms with E-state index in [1.807, 2.05) is 45.0 Å². The third-order valence-electron chi connectivity index (χ3n) is 3.03. The Labute approximate surface area is 115 Å². The predicted molar refractivity (Wildman–Crippen MR) is 78.3 cm³/mol. The summed E-state index contributed by atoms with van der Waals surface area (Å²) in [6, 6.07) is 6.88. The van der Waals surface area contributed by atoms with Crippen LogP contribution in [0.2, 0.25) is 0 Å². The van der Waals surface area contributed by atoms with Crippen LogP contribution in [0.1, 0.15) is 34.1 Å². The number of nitrogens with two attached hydrogens (primary N) is 1. The molecule has 1 aromatic rings. The van der Waals surface area contributed by atoms with E-state index in [0.717, 1.165) is 12.2 Å². The van der Waals surface area contributed by atoms with Crippen LogP contribution in [0.25, 0.3) is 0 Å². The molecule has 0 radical (unpaired) electrons. The number of hydrogen-bond acceptors (Lipinski definition) is 3. The van der Waals surface area contributed by atoms with Gasteiger partial charge >= 0.3 is 0 Å². The SMILES string of the molecule is CCC(C)Oc1cccc(NC(=O)[C@H](N)C(C)C)c1. The Morgan fingerprint density at radius 1 is 1.37 bits per heavy atom. The summed E-state index contributed by atoms with van der Waals surface area (Å²) in [5.74, 6) is 0.695. The van der Waals surface area contributed by atoms with Crippen LogP contribution in [0.15, 0.2) is 24.3 Å². The van der Waals surface area contributed by atoms with E-state index in [-0.39, 0.29) is 17.9 Å². The summed E-state index contributed by atoms with van der Waals surface area (Å²) in [6.07, 6.45) is 1.10. The number of carbonyl (C=O) groups excluding carboxylic acids is 1. The molecule has 4 nitrogen and oxygen atoms in total. The van der Waals surface area contributed by atoms with Crippen LogP contribution in [0.4, 0.5) is 5.69 Å². The molecule has 0 aliphatic heterocycles. The minimum Gasteiger partial charge on any atom is -0.491 e. The molecule has 19 heavy (non-hydrogen) atoms. The van der Waals surface area contributed by atoms with Crippen LogP contribution in [0.3, 0.4) is 0 Å². The second kappa shape index (κ2) is 7.14. The third-order valence-corrected chi connectivity index (χ3v) is 3.03. The van der Waals surface area contributed by atoms with Crippen LogP contribution in [0.5, 0.6) is 5.75 Å². The van der Waals surface area contributed by atoms with Gasteiger partial charge in [-0.3, -0.25) is 4.79 Å². The molecule has 0 saturated carbocycles. The highest BCUT2D eigenvalue weighted by atomic mass is 16.5. The standard InChI is InChI=1S/C15H24N2O2/c1-5-11(4)19-13-8-6-7-12(9-13)17-15(18)14(16)10(2)3/h6-11,14H,5,16H2,1-4H3,(H,17,18)/t11?,14-/m1/s1. The molecular weight excluding hydrogens is 240 g/mol. The molecule has 1 amide bonds. The van der Waals surface area contributed by atoms with E-state index >= 15 is 0 Å². The number of anilines is 1. The number of carbonyl (C=O) groups is 1. The van der Waals surface area contributed by atoms with Crippen LogP contribution >= 0.6 is 0 Å². The molecule has 0 aromatic heterocycles. The van der Waals surface area contributed by atoms with Crippen molar-refractivity contribution in [3.63, 3.8) is 0 Å². The third kappa shape index (κ3) is 4.91. The molecular formula is C15H24N2O2. The molecule has 1 unspecified atom stereocenters. The Balaban J connectivity index is 2.69. The van der Waals surface area contributed by atoms with Gasteiger partial charge in [-0.15, -0.1) is 0 Å². The van der Waals surface area contributed by atoms with E-state index in [9.17, 15) is 4.79 Å². The van der Waals surface area contributed by atoms with Gasteiger partial charge in [-0.2, -0.15) is 0 Å². The zero-order valence-corrected chi connectivity index (χ0v) is 12.1. The fourth-order valence-electron chi connectivity index (χ4n) is 1.49. The van der Waals surface area contributed by atoms with E-state index in [0.29, 0.717) is 5.69 Å². The quantitative estimate of drug-likeness (QED) is 0.830. The second-order valence-electron chi connectivity index (χ2n) is 5.12. The number of ether oxygens (including phenoxy) is 1. The minimum absolute atomic E-state index is 0.111. The van der Waals surface area contributed by atoms with Gasteiger partial charge in [0.05, 0.1) is 12.1 Å². The van der Waals surface area contributed by atoms with E-state index < -0.39 is 6.04 Å². The van der Waals surface area contributed by atoms with Crippen LogP contribution in [0, 0.1) is 5.92 Å². The molecule has 0 spiro atoms. The minimum atomic E-state index is -0.501. The van der Waals surface area contributed by atoms with Crippen LogP contribution < -0.4 is 15.8 Å². The van der Waals surface area contributed by atoms with Gasteiger partial charge in [-0.25, -0.2) is 0 Å². The Morgan fingerprint density at radius 2 is 2.05 bits per heavy atom. The van der Waals surface area contributed by atoms with Crippen molar-refractivity contribution in [2.75, 3.05) is 5.32 Å². The summed E-state index contributed by atoms with van der Waals surface area (Å²) in [6.45, 7) is 7.93. The maximum absolute atomic E-state index is 11.9. The molecule has 0 aliphatic carbocycles. The van der Waals surface area contributed by atoms with Crippen molar-refractivity contribution in [3.8, 4) is 5.75 Å². The Bertz CT molecular complexity index is 418. The average molecular weight is 264 g/mol. The lowest BCUT2D eigenvalue weighted by atomic mass is 10.0. The van der Waals surface area contributed by atoms with Gasteiger partial charge < -0.3 is 15.8 Å². The highest BCUT2D eigenvalue weighted by molar-refractivity contribution is 5.94. The maximum Gasteiger partial charge on any atom is 0.241 e. The van der Waals surface area contributed by atoms with Crippen molar-refractivity contribution in [2.45, 2.75) is 46.3 Å². The van der Waals surface area contributed by atoms with Crippen molar-refractivity contribution in [1.82, 2.24) is 0 Å². The lowest BCUT2D eigenvalue weighted by Crippen LogP contribution is -2.39. The summed E-state index contributed by atoms with van der Waals surface area (Å²) in [7, 11) is 0. The topological polar surface area (TPSA) is 64.3 Å². The highest BCUT2D eigenvalue weighted by Gasteiger charge is 2.17. The zero-order chi connectivity index (χ0) is 14.4. The molecule has 0 fully saturated rings. The first-order valence-electron chi connectivity index (χ1n) is 6.77. The summed E-state index contributed by atoms with van der Waals surface area (Å²) < 4.78 is 5.71. The van der Waals surface area contributed by atoms with E-state index in [4.69, 9.17) is 10.5 Å². The first-order chi connectivity index (χ1) is 8.93. The Kier molecular flexibility index (Phi) is 5.83. The first-order valence-corrected chi connectivity index (χ1v) is 6.77. The highest BCUT2D eigenvalue weighted by Crippen LogP contribution is 2.19. The van der Waals surface area contributed by atoms with E-state index in [1.54, 1.807) is 0 Å². The van der Waals surface area contributed by atoms with Crippen molar-refractivity contribution in [3.05, 3.63) is 24.3 Å². The second-order valence-corrected chi connectivity index (χ2v) is 5.12. The molecule has 1 rings (SSSR count). The Morgan fingerprint density at radius 3 is 2.63 bits per heavy atom. The zero-order valence-electron chi connectivity index (χ0n) is 12.1. The molecule has 0 saturated heterocycles. The molecule has 3 N–H and O–H groups in total. The van der Waals surface area contributed by atoms with Crippen LogP contribution in [-0.2, 0) is 4.79 Å². The number of amides is 1. The van der Waals surface area contributed by atoms with Crippen molar-refractivity contribution < 1.29 is 9.53 Å². The lowest BCUT2D eigenvalue weighted by Gasteiger charge is -2.17. The van der Waals surface area contributed by atoms with Crippen molar-refractivity contribution in [2.24, 2.45) is 11.7 Å². The monoisotopic (exact) mass is 264 g/mol. The molecule has 0 bridgehead atoms. The molecule has 0 aliphatic rings. The number of benzene rings is 1. The number of hydrogen-bond donors (Lipinski definition) is 2. The fraction of sp³-hybridized carbons (Fsp3) is 0.533. The smallest absolute Gasteiger partial charge is 0.241 e. The van der Waals surface area contributed by atoms with Crippen molar-refractivity contribution >= 4 is 11.6 Å². The van der Waals surface area contributed by atoms with Gasteiger partial charge in [0.1, 0.15) is 5.75 Å². The number of nitrogens with one attached hydrogen (secondary N) is 1. The van der Waals surface area contributed by atoms with Gasteiger partial charge in [0.25, 0.3) is 0 Å². The molecule has 1 aromatic carbocycles. The van der Waals surface area contributed by atoms with E-state index in [2.05, 4.69) is 12.2 Å². The summed E-state index contributed by atoms with van der Waals surface area (Å²) in [5, 5.41) is 2.81. The van der Waals surface area contributed by atoms with Gasteiger partial charge in [0, 0.05) is 11.8 Å². The molecule has 2 atom stereocenters. The van der Waals surface area contributed by atoms with Gasteiger partial charge in [0.2, 0.25) is 5.91 Å². The predicted octanol–water partition coefficient (Wildman–Crippen LogP) is 2.79. The largest absolute Gasteiger partial charge is 0.491 e. The summed E-state index contributed by atoms with van der Waals surface area (Å²) >= 11 is 0. The lowest BCUT2D eigenvalue weighted by molar-refractivity contribution is -0.118. The fourth-order valence-corrected chi connectivity index (χ4v) is 1.49. The van der Waals surface area contributed by atoms with Gasteiger partial charge in [-0.05, 0) is 31.4 Å². The molecule has 4 heteroatoms.